The van der Waals surface area contributed by atoms with Crippen LogP contribution in [0.4, 0.5) is 0 Å². The van der Waals surface area contributed by atoms with Crippen LogP contribution in [0, 0.1) is 5.92 Å². The molecule has 0 bridgehead atoms. The molecule has 2 aromatic heterocycles. The van der Waals surface area contributed by atoms with Crippen LogP contribution in [0.5, 0.6) is 0 Å². The van der Waals surface area contributed by atoms with Gasteiger partial charge in [-0.05, 0) is 50.6 Å². The Bertz CT molecular complexity index is 728. The van der Waals surface area contributed by atoms with Gasteiger partial charge in [-0.3, -0.25) is 19.8 Å². The quantitative estimate of drug-likeness (QED) is 0.881. The van der Waals surface area contributed by atoms with Gasteiger partial charge in [-0.2, -0.15) is 5.10 Å². The zero-order valence-electron chi connectivity index (χ0n) is 15.1. The molecule has 1 N–H and O–H groups in total. The molecular formula is C19H25N5O2. The number of nitrogens with one attached hydrogen (secondary N) is 1. The molecule has 0 radical (unpaired) electrons. The largest absolute Gasteiger partial charge is 0.375 e. The number of piperidine rings is 1. The lowest BCUT2D eigenvalue weighted by Crippen LogP contribution is -2.72. The van der Waals surface area contributed by atoms with Gasteiger partial charge in [-0.25, -0.2) is 0 Å². The Labute approximate surface area is 153 Å². The third-order valence-corrected chi connectivity index (χ3v) is 5.67. The standard InChI is InChI=1S/C19H25N5O2/c1-23-9-6-15(11-26-12-16-4-2-3-7-20-16)10-19(23)13-24(14-19)18(25)17-5-8-21-22-17/h2-5,7-8,15H,6,9-14H2,1H3,(H,21,22). The van der Waals surface area contributed by atoms with Crippen LogP contribution >= 0.6 is 0 Å². The highest BCUT2D eigenvalue weighted by Gasteiger charge is 2.51. The van der Waals surface area contributed by atoms with Gasteiger partial charge in [0.2, 0.25) is 0 Å². The number of ether oxygens (including phenoxy) is 1. The molecule has 1 spiro atoms. The number of hydrogen-bond acceptors (Lipinski definition) is 5. The Kier molecular flexibility index (Phi) is 4.74. The van der Waals surface area contributed by atoms with Crippen molar-refractivity contribution in [2.24, 2.45) is 5.92 Å². The number of H-pyrrole nitrogens is 1. The molecule has 2 aromatic rings. The summed E-state index contributed by atoms with van der Waals surface area (Å²) in [5.74, 6) is 0.564. The number of amides is 1. The fraction of sp³-hybridized carbons (Fsp3) is 0.526. The van der Waals surface area contributed by atoms with E-state index in [0.29, 0.717) is 18.2 Å². The minimum Gasteiger partial charge on any atom is -0.375 e. The maximum atomic E-state index is 12.4. The van der Waals surface area contributed by atoms with E-state index in [1.165, 1.54) is 0 Å². The molecule has 7 heteroatoms. The number of rotatable bonds is 5. The van der Waals surface area contributed by atoms with E-state index in [9.17, 15) is 4.79 Å². The number of carbonyl (C=O) groups excluding carboxylic acids is 1. The molecule has 2 aliphatic rings. The van der Waals surface area contributed by atoms with Crippen molar-refractivity contribution in [2.75, 3.05) is 33.3 Å². The molecular weight excluding hydrogens is 330 g/mol. The number of hydrogen-bond donors (Lipinski definition) is 1. The van der Waals surface area contributed by atoms with Gasteiger partial charge >= 0.3 is 0 Å². The van der Waals surface area contributed by atoms with Crippen molar-refractivity contribution in [1.29, 1.82) is 0 Å². The van der Waals surface area contributed by atoms with Crippen molar-refractivity contribution in [3.63, 3.8) is 0 Å². The van der Waals surface area contributed by atoms with E-state index in [-0.39, 0.29) is 11.4 Å². The average molecular weight is 355 g/mol. The van der Waals surface area contributed by atoms with Crippen molar-refractivity contribution >= 4 is 5.91 Å². The molecule has 26 heavy (non-hydrogen) atoms. The third kappa shape index (κ3) is 3.37. The minimum atomic E-state index is 0.0371. The van der Waals surface area contributed by atoms with Crippen LogP contribution < -0.4 is 0 Å². The van der Waals surface area contributed by atoms with Gasteiger partial charge in [0.15, 0.2) is 0 Å². The van der Waals surface area contributed by atoms with Gasteiger partial charge in [0.1, 0.15) is 5.69 Å². The Morgan fingerprint density at radius 2 is 2.23 bits per heavy atom. The Hall–Kier alpha value is -2.25. The summed E-state index contributed by atoms with van der Waals surface area (Å²) in [6, 6.07) is 7.61. The number of aromatic nitrogens is 3. The summed E-state index contributed by atoms with van der Waals surface area (Å²) >= 11 is 0. The van der Waals surface area contributed by atoms with Crippen molar-refractivity contribution in [3.05, 3.63) is 48.0 Å². The molecule has 1 unspecified atom stereocenters. The molecule has 0 aromatic carbocycles. The number of nitrogens with zero attached hydrogens (tertiary/aromatic N) is 4. The summed E-state index contributed by atoms with van der Waals surface area (Å²) in [5, 5.41) is 6.63. The van der Waals surface area contributed by atoms with Crippen LogP contribution in [0.3, 0.4) is 0 Å². The normalized spacial score (nSPS) is 22.3. The van der Waals surface area contributed by atoms with Crippen LogP contribution in [0.15, 0.2) is 36.7 Å². The molecule has 0 aliphatic carbocycles. The zero-order valence-corrected chi connectivity index (χ0v) is 15.1. The first-order chi connectivity index (χ1) is 12.7. The van der Waals surface area contributed by atoms with Gasteiger partial charge in [0.25, 0.3) is 5.91 Å². The lowest BCUT2D eigenvalue weighted by Gasteiger charge is -2.58. The molecule has 4 heterocycles. The van der Waals surface area contributed by atoms with Gasteiger partial charge < -0.3 is 9.64 Å². The Morgan fingerprint density at radius 3 is 2.96 bits per heavy atom. The second-order valence-corrected chi connectivity index (χ2v) is 7.47. The van der Waals surface area contributed by atoms with Crippen molar-refractivity contribution in [1.82, 2.24) is 25.0 Å². The third-order valence-electron chi connectivity index (χ3n) is 5.67. The summed E-state index contributed by atoms with van der Waals surface area (Å²) in [4.78, 5) is 21.1. The van der Waals surface area contributed by atoms with E-state index in [0.717, 1.165) is 44.8 Å². The Morgan fingerprint density at radius 1 is 1.35 bits per heavy atom. The minimum absolute atomic E-state index is 0.0371. The van der Waals surface area contributed by atoms with Crippen LogP contribution in [0.25, 0.3) is 0 Å². The highest BCUT2D eigenvalue weighted by atomic mass is 16.5. The molecule has 1 atom stereocenters. The zero-order chi connectivity index (χ0) is 18.0. The second kappa shape index (κ2) is 7.17. The van der Waals surface area contributed by atoms with Crippen molar-refractivity contribution in [2.45, 2.75) is 25.0 Å². The predicted molar refractivity (Wildman–Crippen MR) is 96.5 cm³/mol. The summed E-state index contributed by atoms with van der Waals surface area (Å²) < 4.78 is 5.91. The number of likely N-dealkylation sites (tertiary alicyclic amines) is 2. The van der Waals surface area contributed by atoms with Crippen molar-refractivity contribution < 1.29 is 9.53 Å². The fourth-order valence-corrected chi connectivity index (χ4v) is 4.09. The van der Waals surface area contributed by atoms with E-state index >= 15 is 0 Å². The van der Waals surface area contributed by atoms with Gasteiger partial charge in [-0.1, -0.05) is 6.07 Å². The predicted octanol–water partition coefficient (Wildman–Crippen LogP) is 1.56. The second-order valence-electron chi connectivity index (χ2n) is 7.47. The first-order valence-electron chi connectivity index (χ1n) is 9.14. The van der Waals surface area contributed by atoms with E-state index in [1.807, 2.05) is 23.1 Å². The van der Waals surface area contributed by atoms with Crippen LogP contribution in [0.1, 0.15) is 29.0 Å². The number of carbonyl (C=O) groups is 1. The van der Waals surface area contributed by atoms with E-state index in [2.05, 4.69) is 27.1 Å². The maximum Gasteiger partial charge on any atom is 0.271 e. The number of pyridine rings is 1. The van der Waals surface area contributed by atoms with Crippen LogP contribution in [0.2, 0.25) is 0 Å². The molecule has 7 nitrogen and oxygen atoms in total. The van der Waals surface area contributed by atoms with Gasteiger partial charge in [0.05, 0.1) is 24.4 Å². The van der Waals surface area contributed by atoms with Crippen molar-refractivity contribution in [3.8, 4) is 0 Å². The van der Waals surface area contributed by atoms with E-state index < -0.39 is 0 Å². The Balaban J connectivity index is 1.29. The molecule has 2 fully saturated rings. The fourth-order valence-electron chi connectivity index (χ4n) is 4.09. The monoisotopic (exact) mass is 355 g/mol. The maximum absolute atomic E-state index is 12.4. The summed E-state index contributed by atoms with van der Waals surface area (Å²) in [6.07, 6.45) is 5.61. The number of aromatic amines is 1. The first-order valence-corrected chi connectivity index (χ1v) is 9.14. The summed E-state index contributed by atoms with van der Waals surface area (Å²) in [7, 11) is 2.17. The lowest BCUT2D eigenvalue weighted by atomic mass is 9.75. The summed E-state index contributed by atoms with van der Waals surface area (Å²) in [6.45, 7) is 3.91. The molecule has 138 valence electrons. The average Bonchev–Trinajstić information content (AvgIpc) is 3.16. The molecule has 2 aliphatic heterocycles. The van der Waals surface area contributed by atoms with Crippen LogP contribution in [-0.4, -0.2) is 69.7 Å². The number of likely N-dealkylation sites (N-methyl/N-ethyl adjacent to an activating group) is 1. The lowest BCUT2D eigenvalue weighted by molar-refractivity contribution is -0.0770. The van der Waals surface area contributed by atoms with Gasteiger partial charge in [-0.15, -0.1) is 0 Å². The molecule has 2 saturated heterocycles. The molecule has 1 amide bonds. The van der Waals surface area contributed by atoms with Gasteiger partial charge in [0, 0.05) is 25.5 Å². The van der Waals surface area contributed by atoms with Crippen LogP contribution in [-0.2, 0) is 11.3 Å². The highest BCUT2D eigenvalue weighted by molar-refractivity contribution is 5.93. The molecule has 4 rings (SSSR count). The highest BCUT2D eigenvalue weighted by Crippen LogP contribution is 2.38. The topological polar surface area (TPSA) is 74.3 Å². The smallest absolute Gasteiger partial charge is 0.271 e. The first kappa shape index (κ1) is 17.2. The summed E-state index contributed by atoms with van der Waals surface area (Å²) in [5.41, 5.74) is 1.62. The SMILES string of the molecule is CN1CCC(COCc2ccccn2)CC12CN(C(=O)c1ccn[nH]1)C2. The van der Waals surface area contributed by atoms with E-state index in [1.54, 1.807) is 18.5 Å². The molecule has 0 saturated carbocycles. The van der Waals surface area contributed by atoms with E-state index in [4.69, 9.17) is 4.74 Å².